The normalized spacial score (nSPS) is 22.1. The van der Waals surface area contributed by atoms with Crippen molar-refractivity contribution in [2.75, 3.05) is 6.61 Å². The molecule has 0 amide bonds. The molecule has 1 atom stereocenters. The summed E-state index contributed by atoms with van der Waals surface area (Å²) in [5, 5.41) is 9.22. The Morgan fingerprint density at radius 3 is 2.24 bits per heavy atom. The summed E-state index contributed by atoms with van der Waals surface area (Å²) in [4.78, 5) is 0. The molecule has 1 aliphatic rings. The van der Waals surface area contributed by atoms with Gasteiger partial charge in [0.05, 0.1) is 5.92 Å². The average molecular weight is 246 g/mol. The highest BCUT2D eigenvalue weighted by Gasteiger charge is 2.45. The summed E-state index contributed by atoms with van der Waals surface area (Å²) in [6.45, 7) is 13.1. The van der Waals surface area contributed by atoms with Gasteiger partial charge in [0.15, 0.2) is 18.1 Å². The van der Waals surface area contributed by atoms with E-state index in [-0.39, 0.29) is 17.1 Å². The summed E-state index contributed by atoms with van der Waals surface area (Å²) in [6.07, 6.45) is 0. The van der Waals surface area contributed by atoms with Crippen LogP contribution in [0.2, 0.25) is 0 Å². The zero-order chi connectivity index (χ0) is 13.8. The van der Waals surface area contributed by atoms with Crippen molar-refractivity contribution in [3.05, 3.63) is 35.8 Å². The first-order valence-corrected chi connectivity index (χ1v) is 5.56. The molecule has 0 aromatic heterocycles. The van der Waals surface area contributed by atoms with Crippen LogP contribution in [0.1, 0.15) is 27.7 Å². The van der Waals surface area contributed by atoms with Crippen LogP contribution in [0.15, 0.2) is 35.8 Å². The molecule has 1 N–H and O–H groups in total. The second-order valence-corrected chi connectivity index (χ2v) is 3.74. The van der Waals surface area contributed by atoms with Crippen molar-refractivity contribution >= 4 is 0 Å². The molecule has 4 heteroatoms. The van der Waals surface area contributed by atoms with Crippen molar-refractivity contribution in [2.45, 2.75) is 33.6 Å². The van der Waals surface area contributed by atoms with Crippen LogP contribution in [-0.4, -0.2) is 17.6 Å². The number of alkyl halides is 2. The largest absolute Gasteiger partial charge is 0.505 e. The summed E-state index contributed by atoms with van der Waals surface area (Å²) >= 11 is 0. The van der Waals surface area contributed by atoms with E-state index in [1.807, 2.05) is 13.8 Å². The van der Waals surface area contributed by atoms with Crippen molar-refractivity contribution in [2.24, 2.45) is 5.92 Å². The molecule has 0 spiro atoms. The number of aliphatic hydroxyl groups is 1. The number of rotatable bonds is 2. The molecule has 0 aromatic rings. The molecular weight excluding hydrogens is 226 g/mol. The van der Waals surface area contributed by atoms with E-state index in [9.17, 15) is 13.9 Å². The van der Waals surface area contributed by atoms with Crippen LogP contribution in [0, 0.1) is 5.92 Å². The van der Waals surface area contributed by atoms with Gasteiger partial charge in [0.1, 0.15) is 0 Å². The van der Waals surface area contributed by atoms with Gasteiger partial charge in [-0.3, -0.25) is 0 Å². The highest BCUT2D eigenvalue weighted by molar-refractivity contribution is 5.40. The van der Waals surface area contributed by atoms with E-state index in [4.69, 9.17) is 4.74 Å². The van der Waals surface area contributed by atoms with Crippen LogP contribution >= 0.6 is 0 Å². The van der Waals surface area contributed by atoms with Crippen molar-refractivity contribution in [1.29, 1.82) is 0 Å². The Kier molecular flexibility index (Phi) is 5.39. The molecule has 0 bridgehead atoms. The molecule has 1 unspecified atom stereocenters. The number of allylic oxidation sites excluding steroid dienone is 2. The van der Waals surface area contributed by atoms with Gasteiger partial charge in [0.2, 0.25) is 0 Å². The third-order valence-corrected chi connectivity index (χ3v) is 2.44. The lowest BCUT2D eigenvalue weighted by atomic mass is 9.87. The van der Waals surface area contributed by atoms with Gasteiger partial charge in [-0.2, -0.15) is 0 Å². The molecule has 0 saturated carbocycles. The fraction of sp³-hybridized carbons (Fsp3) is 0.538. The first-order chi connectivity index (χ1) is 7.77. The molecule has 0 saturated heterocycles. The highest BCUT2D eigenvalue weighted by atomic mass is 19.3. The summed E-state index contributed by atoms with van der Waals surface area (Å²) in [5.41, 5.74) is 0.686. The maximum atomic E-state index is 13.3. The predicted octanol–water partition coefficient (Wildman–Crippen LogP) is 4.22. The lowest BCUT2D eigenvalue weighted by Gasteiger charge is -2.33. The first-order valence-electron chi connectivity index (χ1n) is 5.56. The van der Waals surface area contributed by atoms with E-state index in [2.05, 4.69) is 13.2 Å². The van der Waals surface area contributed by atoms with Gasteiger partial charge < -0.3 is 9.84 Å². The standard InChI is InChI=1S/C11H14F2O2.C2H6/c1-6(2)9-7(3)11(12,13)5-15-10(9)8(4)14;1-2/h7,14H,1,4-5H2,2-3H3;1-2H3. The van der Waals surface area contributed by atoms with Gasteiger partial charge >= 0.3 is 0 Å². The minimum absolute atomic E-state index is 0.0286. The summed E-state index contributed by atoms with van der Waals surface area (Å²) in [7, 11) is 0. The monoisotopic (exact) mass is 246 g/mol. The van der Waals surface area contributed by atoms with Crippen LogP contribution in [-0.2, 0) is 4.74 Å². The van der Waals surface area contributed by atoms with Gasteiger partial charge in [-0.15, -0.1) is 0 Å². The molecule has 0 fully saturated rings. The molecule has 0 aromatic carbocycles. The van der Waals surface area contributed by atoms with Gasteiger partial charge in [-0.25, -0.2) is 8.78 Å². The Morgan fingerprint density at radius 2 is 1.88 bits per heavy atom. The topological polar surface area (TPSA) is 29.5 Å². The maximum Gasteiger partial charge on any atom is 0.287 e. The Labute approximate surface area is 101 Å². The highest BCUT2D eigenvalue weighted by Crippen LogP contribution is 2.41. The van der Waals surface area contributed by atoms with Crippen molar-refractivity contribution in [3.63, 3.8) is 0 Å². The number of halogens is 2. The van der Waals surface area contributed by atoms with E-state index in [0.717, 1.165) is 0 Å². The van der Waals surface area contributed by atoms with Crippen LogP contribution < -0.4 is 0 Å². The van der Waals surface area contributed by atoms with E-state index in [0.29, 0.717) is 5.57 Å². The molecule has 17 heavy (non-hydrogen) atoms. The van der Waals surface area contributed by atoms with E-state index in [1.165, 1.54) is 6.92 Å². The Hall–Kier alpha value is -1.32. The minimum atomic E-state index is -2.94. The lowest BCUT2D eigenvalue weighted by Crippen LogP contribution is -2.38. The second-order valence-electron chi connectivity index (χ2n) is 3.74. The molecule has 0 radical (unpaired) electrons. The van der Waals surface area contributed by atoms with Crippen LogP contribution in [0.4, 0.5) is 8.78 Å². The Balaban J connectivity index is 0.00000121. The number of hydrogen-bond acceptors (Lipinski definition) is 2. The number of ether oxygens (including phenoxy) is 1. The SMILES string of the molecule is C=C(C)C1=C(C(=C)O)OCC(F)(F)C1C.CC. The van der Waals surface area contributed by atoms with Gasteiger partial charge in [-0.05, 0) is 6.92 Å². The van der Waals surface area contributed by atoms with Crippen molar-refractivity contribution < 1.29 is 18.6 Å². The summed E-state index contributed by atoms with van der Waals surface area (Å²) < 4.78 is 31.5. The van der Waals surface area contributed by atoms with E-state index >= 15 is 0 Å². The first kappa shape index (κ1) is 15.7. The van der Waals surface area contributed by atoms with Crippen LogP contribution in [0.5, 0.6) is 0 Å². The smallest absolute Gasteiger partial charge is 0.287 e. The zero-order valence-corrected chi connectivity index (χ0v) is 10.8. The number of aliphatic hydroxyl groups excluding tert-OH is 1. The van der Waals surface area contributed by atoms with Gasteiger partial charge in [0, 0.05) is 5.57 Å². The molecule has 1 aliphatic heterocycles. The molecule has 1 rings (SSSR count). The molecule has 1 heterocycles. The van der Waals surface area contributed by atoms with Gasteiger partial charge in [-0.1, -0.05) is 39.5 Å². The van der Waals surface area contributed by atoms with Crippen molar-refractivity contribution in [1.82, 2.24) is 0 Å². The maximum absolute atomic E-state index is 13.3. The van der Waals surface area contributed by atoms with Gasteiger partial charge in [0.25, 0.3) is 5.92 Å². The molecule has 2 nitrogen and oxygen atoms in total. The van der Waals surface area contributed by atoms with E-state index in [1.54, 1.807) is 6.92 Å². The zero-order valence-electron chi connectivity index (χ0n) is 10.8. The third kappa shape index (κ3) is 3.32. The average Bonchev–Trinajstić information content (AvgIpc) is 2.23. The minimum Gasteiger partial charge on any atom is -0.505 e. The van der Waals surface area contributed by atoms with Crippen molar-refractivity contribution in [3.8, 4) is 0 Å². The van der Waals surface area contributed by atoms with Crippen LogP contribution in [0.3, 0.4) is 0 Å². The number of hydrogen-bond donors (Lipinski definition) is 1. The molecule has 98 valence electrons. The van der Waals surface area contributed by atoms with E-state index < -0.39 is 18.4 Å². The lowest BCUT2D eigenvalue weighted by molar-refractivity contribution is -0.105. The third-order valence-electron chi connectivity index (χ3n) is 2.44. The predicted molar refractivity (Wildman–Crippen MR) is 65.0 cm³/mol. The fourth-order valence-corrected chi connectivity index (χ4v) is 1.58. The Morgan fingerprint density at radius 1 is 1.41 bits per heavy atom. The fourth-order valence-electron chi connectivity index (χ4n) is 1.58. The molecule has 0 aliphatic carbocycles. The summed E-state index contributed by atoms with van der Waals surface area (Å²) in [6, 6.07) is 0. The second kappa shape index (κ2) is 5.84. The molecular formula is C13H20F2O2. The quantitative estimate of drug-likeness (QED) is 0.739. The van der Waals surface area contributed by atoms with Crippen LogP contribution in [0.25, 0.3) is 0 Å². The summed E-state index contributed by atoms with van der Waals surface area (Å²) in [5.74, 6) is -4.27. The Bertz CT molecular complexity index is 343.